The van der Waals surface area contributed by atoms with E-state index in [1.807, 2.05) is 44.0 Å². The lowest BCUT2D eigenvalue weighted by Crippen LogP contribution is -2.48. The third-order valence-electron chi connectivity index (χ3n) is 5.47. The van der Waals surface area contributed by atoms with Crippen LogP contribution in [0, 0.1) is 17.7 Å². The molecule has 2 aromatic rings. The zero-order valence-corrected chi connectivity index (χ0v) is 20.2. The largest absolute Gasteiger partial charge is 0.491 e. The van der Waals surface area contributed by atoms with Crippen molar-refractivity contribution in [2.45, 2.75) is 46.6 Å². The summed E-state index contributed by atoms with van der Waals surface area (Å²) in [5, 5.41) is 2.03. The van der Waals surface area contributed by atoms with Crippen LogP contribution in [0.4, 0.5) is 4.39 Å². The number of halogens is 1. The van der Waals surface area contributed by atoms with Crippen LogP contribution in [0.25, 0.3) is 0 Å². The van der Waals surface area contributed by atoms with Crippen molar-refractivity contribution in [2.75, 3.05) is 26.2 Å². The molecule has 1 aliphatic heterocycles. The zero-order chi connectivity index (χ0) is 23.3. The lowest BCUT2D eigenvalue weighted by atomic mass is 10.00. The van der Waals surface area contributed by atoms with E-state index < -0.39 is 0 Å². The Bertz CT molecular complexity index is 927. The summed E-state index contributed by atoms with van der Waals surface area (Å²) >= 11 is 1.68. The van der Waals surface area contributed by atoms with Gasteiger partial charge < -0.3 is 14.5 Å². The molecule has 0 saturated carbocycles. The molecule has 1 atom stereocenters. The minimum Gasteiger partial charge on any atom is -0.491 e. The number of thiophene rings is 1. The van der Waals surface area contributed by atoms with E-state index >= 15 is 0 Å². The summed E-state index contributed by atoms with van der Waals surface area (Å²) in [7, 11) is 0. The number of carbonyl (C=O) groups is 2. The highest BCUT2D eigenvalue weighted by Crippen LogP contribution is 2.34. The normalized spacial score (nSPS) is 15.7. The van der Waals surface area contributed by atoms with E-state index in [9.17, 15) is 14.0 Å². The van der Waals surface area contributed by atoms with Crippen molar-refractivity contribution in [1.82, 2.24) is 9.80 Å². The summed E-state index contributed by atoms with van der Waals surface area (Å²) in [4.78, 5) is 31.0. The van der Waals surface area contributed by atoms with Crippen molar-refractivity contribution in [3.63, 3.8) is 0 Å². The molecule has 0 bridgehead atoms. The number of fused-ring (bicyclic) bond motifs is 1. The first-order chi connectivity index (χ1) is 15.2. The van der Waals surface area contributed by atoms with E-state index in [0.29, 0.717) is 25.3 Å². The van der Waals surface area contributed by atoms with Crippen LogP contribution in [0.3, 0.4) is 0 Å². The van der Waals surface area contributed by atoms with Crippen LogP contribution in [0.2, 0.25) is 0 Å². The van der Waals surface area contributed by atoms with Crippen LogP contribution in [0.15, 0.2) is 35.7 Å². The molecular formula is C25H33FN2O3S. The fourth-order valence-corrected chi connectivity index (χ4v) is 4.96. The van der Waals surface area contributed by atoms with Crippen LogP contribution < -0.4 is 4.74 Å². The summed E-state index contributed by atoms with van der Waals surface area (Å²) < 4.78 is 19.5. The quantitative estimate of drug-likeness (QED) is 0.534. The van der Waals surface area contributed by atoms with E-state index in [0.717, 1.165) is 12.0 Å². The number of hydrogen-bond donors (Lipinski definition) is 0. The maximum absolute atomic E-state index is 13.6. The third-order valence-corrected chi connectivity index (χ3v) is 6.46. The minimum atomic E-state index is -0.358. The van der Waals surface area contributed by atoms with Crippen molar-refractivity contribution >= 4 is 23.2 Å². The molecule has 32 heavy (non-hydrogen) atoms. The first-order valence-corrected chi connectivity index (χ1v) is 12.1. The highest BCUT2D eigenvalue weighted by Gasteiger charge is 2.33. The van der Waals surface area contributed by atoms with Crippen LogP contribution in [0.1, 0.15) is 50.6 Å². The second-order valence-electron chi connectivity index (χ2n) is 9.19. The van der Waals surface area contributed by atoms with E-state index in [-0.39, 0.29) is 48.7 Å². The van der Waals surface area contributed by atoms with Gasteiger partial charge in [0.2, 0.25) is 11.8 Å². The molecule has 1 aromatic heterocycles. The van der Waals surface area contributed by atoms with Gasteiger partial charge in [0, 0.05) is 30.5 Å². The molecule has 0 spiro atoms. The van der Waals surface area contributed by atoms with Gasteiger partial charge in [-0.1, -0.05) is 33.8 Å². The molecule has 5 nitrogen and oxygen atoms in total. The number of carbonyl (C=O) groups excluding carboxylic acids is 2. The topological polar surface area (TPSA) is 49.9 Å². The van der Waals surface area contributed by atoms with Gasteiger partial charge in [0.05, 0.1) is 12.6 Å². The molecule has 7 heteroatoms. The first-order valence-electron chi connectivity index (χ1n) is 11.3. The van der Waals surface area contributed by atoms with Gasteiger partial charge in [-0.2, -0.15) is 0 Å². The van der Waals surface area contributed by atoms with Crippen molar-refractivity contribution in [3.8, 4) is 5.75 Å². The molecule has 0 N–H and O–H groups in total. The minimum absolute atomic E-state index is 0.0165. The monoisotopic (exact) mass is 460 g/mol. The van der Waals surface area contributed by atoms with Gasteiger partial charge in [-0.05, 0) is 47.4 Å². The fraction of sp³-hybridized carbons (Fsp3) is 0.520. The molecule has 0 fully saturated rings. The number of amides is 2. The Labute approximate surface area is 194 Å². The predicted octanol–water partition coefficient (Wildman–Crippen LogP) is 4.92. The zero-order valence-electron chi connectivity index (χ0n) is 19.3. The third kappa shape index (κ3) is 6.31. The number of hydrogen-bond acceptors (Lipinski definition) is 4. The Morgan fingerprint density at radius 3 is 2.69 bits per heavy atom. The van der Waals surface area contributed by atoms with Gasteiger partial charge in [0.15, 0.2) is 0 Å². The maximum Gasteiger partial charge on any atom is 0.242 e. The SMILES string of the molecule is CC(C)CC(=O)N(CC(=O)N1CCc2sccc2[C@@H]1COc1cccc(F)c1)CC(C)C. The number of ether oxygens (including phenoxy) is 1. The van der Waals surface area contributed by atoms with Gasteiger partial charge in [0.25, 0.3) is 0 Å². The Hall–Kier alpha value is -2.41. The summed E-state index contributed by atoms with van der Waals surface area (Å²) in [5.74, 6) is 0.533. The Morgan fingerprint density at radius 2 is 2.00 bits per heavy atom. The predicted molar refractivity (Wildman–Crippen MR) is 125 cm³/mol. The molecule has 3 rings (SSSR count). The molecule has 0 unspecified atom stereocenters. The van der Waals surface area contributed by atoms with Crippen molar-refractivity contribution in [3.05, 3.63) is 52.0 Å². The average molecular weight is 461 g/mol. The van der Waals surface area contributed by atoms with Gasteiger partial charge in [-0.3, -0.25) is 9.59 Å². The van der Waals surface area contributed by atoms with Gasteiger partial charge in [-0.15, -0.1) is 11.3 Å². The van der Waals surface area contributed by atoms with Gasteiger partial charge in [-0.25, -0.2) is 4.39 Å². The van der Waals surface area contributed by atoms with Crippen molar-refractivity contribution in [1.29, 1.82) is 0 Å². The second-order valence-corrected chi connectivity index (χ2v) is 10.2. The first kappa shape index (κ1) is 24.2. The molecule has 174 valence electrons. The second kappa shape index (κ2) is 10.9. The fourth-order valence-electron chi connectivity index (χ4n) is 4.03. The highest BCUT2D eigenvalue weighted by atomic mass is 32.1. The maximum atomic E-state index is 13.6. The van der Waals surface area contributed by atoms with E-state index in [4.69, 9.17) is 4.74 Å². The van der Waals surface area contributed by atoms with Gasteiger partial charge in [0.1, 0.15) is 18.2 Å². The van der Waals surface area contributed by atoms with E-state index in [1.165, 1.54) is 17.0 Å². The van der Waals surface area contributed by atoms with Crippen LogP contribution in [0.5, 0.6) is 5.75 Å². The molecule has 2 amide bonds. The number of benzene rings is 1. The molecule has 0 aliphatic carbocycles. The summed E-state index contributed by atoms with van der Waals surface area (Å²) in [6.45, 7) is 9.56. The van der Waals surface area contributed by atoms with Crippen LogP contribution in [-0.2, 0) is 16.0 Å². The number of rotatable bonds is 9. The van der Waals surface area contributed by atoms with E-state index in [1.54, 1.807) is 28.4 Å². The molecular weight excluding hydrogens is 427 g/mol. The molecule has 1 aliphatic rings. The standard InChI is InChI=1S/C25H33FN2O3S/c1-17(2)12-24(29)27(14-18(3)4)15-25(30)28-10-8-23-21(9-11-32-23)22(28)16-31-20-7-5-6-19(26)13-20/h5-7,9,11,13,17-18,22H,8,10,12,14-16H2,1-4H3/t22-/m0/s1. The summed E-state index contributed by atoms with van der Waals surface area (Å²) in [6.07, 6.45) is 1.22. The van der Waals surface area contributed by atoms with Crippen LogP contribution >= 0.6 is 11.3 Å². The number of nitrogens with zero attached hydrogens (tertiary/aromatic N) is 2. The summed E-state index contributed by atoms with van der Waals surface area (Å²) in [5.41, 5.74) is 1.08. The Balaban J connectivity index is 1.76. The molecule has 2 heterocycles. The van der Waals surface area contributed by atoms with E-state index in [2.05, 4.69) is 0 Å². The Morgan fingerprint density at radius 1 is 1.22 bits per heavy atom. The molecule has 0 saturated heterocycles. The van der Waals surface area contributed by atoms with Crippen molar-refractivity contribution in [2.24, 2.45) is 11.8 Å². The Kier molecular flexibility index (Phi) is 8.29. The lowest BCUT2D eigenvalue weighted by molar-refractivity contribution is -0.143. The average Bonchev–Trinajstić information content (AvgIpc) is 3.19. The lowest BCUT2D eigenvalue weighted by Gasteiger charge is -2.37. The summed E-state index contributed by atoms with van der Waals surface area (Å²) in [6, 6.07) is 7.81. The molecule has 0 radical (unpaired) electrons. The van der Waals surface area contributed by atoms with Crippen LogP contribution in [-0.4, -0.2) is 47.9 Å². The van der Waals surface area contributed by atoms with Gasteiger partial charge >= 0.3 is 0 Å². The smallest absolute Gasteiger partial charge is 0.242 e. The highest BCUT2D eigenvalue weighted by molar-refractivity contribution is 7.10. The van der Waals surface area contributed by atoms with Crippen molar-refractivity contribution < 1.29 is 18.7 Å². The molecule has 1 aromatic carbocycles.